The second-order valence-corrected chi connectivity index (χ2v) is 11.4. The molecule has 1 aliphatic carbocycles. The van der Waals surface area contributed by atoms with Crippen molar-refractivity contribution in [2.75, 3.05) is 34.3 Å². The summed E-state index contributed by atoms with van der Waals surface area (Å²) >= 11 is 0. The molecule has 0 aromatic heterocycles. The van der Waals surface area contributed by atoms with E-state index < -0.39 is 11.0 Å². The summed E-state index contributed by atoms with van der Waals surface area (Å²) in [5, 5.41) is 5.49. The molecule has 6 nitrogen and oxygen atoms in total. The summed E-state index contributed by atoms with van der Waals surface area (Å²) in [6, 6.07) is 22.0. The molecule has 3 aromatic carbocycles. The van der Waals surface area contributed by atoms with Crippen molar-refractivity contribution in [2.24, 2.45) is 0 Å². The van der Waals surface area contributed by atoms with Gasteiger partial charge in [-0.2, -0.15) is 0 Å². The van der Waals surface area contributed by atoms with Crippen molar-refractivity contribution in [3.8, 4) is 5.75 Å². The SMILES string of the molecule is COc1cccc([C@@]23CC[N+](C)(C)C[C@@]2(OC(C)=O)CC[C@@H](NC(=O)c2ccc4ccccc4c2)C3)c1. The molecule has 37 heavy (non-hydrogen) atoms. The van der Waals surface area contributed by atoms with E-state index >= 15 is 0 Å². The van der Waals surface area contributed by atoms with Gasteiger partial charge in [0.05, 0.1) is 27.7 Å². The Balaban J connectivity index is 1.50. The van der Waals surface area contributed by atoms with E-state index in [-0.39, 0.29) is 17.9 Å². The Kier molecular flexibility index (Phi) is 6.48. The number of carbonyl (C=O) groups excluding carboxylic acids is 2. The van der Waals surface area contributed by atoms with Crippen LogP contribution in [0.2, 0.25) is 0 Å². The predicted octanol–water partition coefficient (Wildman–Crippen LogP) is 4.85. The highest BCUT2D eigenvalue weighted by Crippen LogP contribution is 2.55. The van der Waals surface area contributed by atoms with Crippen LogP contribution in [0.4, 0.5) is 0 Å². The summed E-state index contributed by atoms with van der Waals surface area (Å²) in [5.74, 6) is 0.460. The van der Waals surface area contributed by atoms with Gasteiger partial charge in [-0.05, 0) is 59.9 Å². The van der Waals surface area contributed by atoms with Crippen molar-refractivity contribution in [3.63, 3.8) is 0 Å². The molecule has 1 saturated carbocycles. The van der Waals surface area contributed by atoms with Crippen LogP contribution in [0.25, 0.3) is 10.8 Å². The molecule has 6 heteroatoms. The Hall–Kier alpha value is -3.38. The number of hydrogen-bond donors (Lipinski definition) is 1. The minimum atomic E-state index is -0.656. The highest BCUT2D eigenvalue weighted by Gasteiger charge is 2.64. The van der Waals surface area contributed by atoms with Crippen LogP contribution >= 0.6 is 0 Å². The lowest BCUT2D eigenvalue weighted by molar-refractivity contribution is -0.904. The standard InChI is InChI=1S/C31H36N2O4/c1-22(34)37-31-15-14-27(32-29(35)25-13-12-23-8-5-6-9-24(23)18-25)20-30(31,16-17-33(2,3)21-31)26-10-7-11-28(19-26)36-4/h5-13,18-19,27H,14-17,20-21H2,1-4H3/p+1/t27-,30+,31+/m1/s1. The number of esters is 1. The van der Waals surface area contributed by atoms with Gasteiger partial charge >= 0.3 is 5.97 Å². The molecule has 1 heterocycles. The second-order valence-electron chi connectivity index (χ2n) is 11.4. The second kappa shape index (κ2) is 9.49. The van der Waals surface area contributed by atoms with Crippen LogP contribution in [0, 0.1) is 0 Å². The summed E-state index contributed by atoms with van der Waals surface area (Å²) in [7, 11) is 6.08. The third kappa shape index (κ3) is 4.71. The smallest absolute Gasteiger partial charge is 0.303 e. The Morgan fingerprint density at radius 3 is 2.51 bits per heavy atom. The molecule has 0 bridgehead atoms. The molecule has 194 valence electrons. The van der Waals surface area contributed by atoms with E-state index in [2.05, 4.69) is 31.5 Å². The number of likely N-dealkylation sites (N-methyl/N-ethyl adjacent to an activating group) is 1. The van der Waals surface area contributed by atoms with E-state index in [0.29, 0.717) is 18.4 Å². The summed E-state index contributed by atoms with van der Waals surface area (Å²) < 4.78 is 12.7. The van der Waals surface area contributed by atoms with E-state index in [4.69, 9.17) is 9.47 Å². The number of quaternary nitrogens is 1. The van der Waals surface area contributed by atoms with Crippen LogP contribution in [0.1, 0.15) is 48.5 Å². The number of ether oxygens (including phenoxy) is 2. The summed E-state index contributed by atoms with van der Waals surface area (Å²) in [5.41, 5.74) is 0.683. The largest absolute Gasteiger partial charge is 0.497 e. The fourth-order valence-corrected chi connectivity index (χ4v) is 6.80. The van der Waals surface area contributed by atoms with Crippen LogP contribution in [0.5, 0.6) is 5.75 Å². The van der Waals surface area contributed by atoms with Gasteiger partial charge in [0.15, 0.2) is 5.60 Å². The monoisotopic (exact) mass is 501 g/mol. The van der Waals surface area contributed by atoms with Gasteiger partial charge in [-0.1, -0.05) is 42.5 Å². The van der Waals surface area contributed by atoms with E-state index in [1.54, 1.807) is 7.11 Å². The Labute approximate surface area is 219 Å². The van der Waals surface area contributed by atoms with Crippen molar-refractivity contribution >= 4 is 22.6 Å². The molecule has 2 fully saturated rings. The first-order valence-electron chi connectivity index (χ1n) is 13.1. The Morgan fingerprint density at radius 2 is 1.76 bits per heavy atom. The molecular formula is C31H37N2O4+. The lowest BCUT2D eigenvalue weighted by Gasteiger charge is -2.60. The molecule has 3 atom stereocenters. The average Bonchev–Trinajstić information content (AvgIpc) is 2.88. The first-order valence-corrected chi connectivity index (χ1v) is 13.1. The number of nitrogens with one attached hydrogen (secondary N) is 1. The number of benzene rings is 3. The summed E-state index contributed by atoms with van der Waals surface area (Å²) in [6.45, 7) is 3.19. The number of fused-ring (bicyclic) bond motifs is 2. The molecule has 1 amide bonds. The van der Waals surface area contributed by atoms with Crippen molar-refractivity contribution < 1.29 is 23.5 Å². The number of carbonyl (C=O) groups is 2. The van der Waals surface area contributed by atoms with Gasteiger partial charge < -0.3 is 19.3 Å². The first-order chi connectivity index (χ1) is 17.7. The number of rotatable bonds is 5. The van der Waals surface area contributed by atoms with Gasteiger partial charge in [0, 0.05) is 30.4 Å². The molecule has 3 aromatic rings. The third-order valence-corrected chi connectivity index (χ3v) is 8.50. The van der Waals surface area contributed by atoms with Gasteiger partial charge in [0.1, 0.15) is 12.3 Å². The maximum absolute atomic E-state index is 13.4. The minimum Gasteiger partial charge on any atom is -0.497 e. The number of piperidine rings is 1. The van der Waals surface area contributed by atoms with Crippen LogP contribution in [-0.2, 0) is 14.9 Å². The van der Waals surface area contributed by atoms with Crippen molar-refractivity contribution in [2.45, 2.75) is 49.7 Å². The third-order valence-electron chi connectivity index (χ3n) is 8.50. The zero-order chi connectivity index (χ0) is 26.3. The molecule has 0 spiro atoms. The van der Waals surface area contributed by atoms with E-state index in [1.807, 2.05) is 54.6 Å². The Bertz CT molecular complexity index is 1340. The van der Waals surface area contributed by atoms with Gasteiger partial charge in [0.2, 0.25) is 0 Å². The number of methoxy groups -OCH3 is 1. The van der Waals surface area contributed by atoms with E-state index in [0.717, 1.165) is 52.5 Å². The lowest BCUT2D eigenvalue weighted by atomic mass is 9.54. The number of hydrogen-bond acceptors (Lipinski definition) is 4. The average molecular weight is 502 g/mol. The molecule has 2 aliphatic rings. The van der Waals surface area contributed by atoms with E-state index in [1.165, 1.54) is 6.92 Å². The van der Waals surface area contributed by atoms with Crippen LogP contribution in [-0.4, -0.2) is 62.3 Å². The quantitative estimate of drug-likeness (QED) is 0.401. The van der Waals surface area contributed by atoms with Gasteiger partial charge in [-0.15, -0.1) is 0 Å². The highest BCUT2D eigenvalue weighted by molar-refractivity contribution is 5.98. The highest BCUT2D eigenvalue weighted by atomic mass is 16.6. The van der Waals surface area contributed by atoms with Crippen molar-refractivity contribution in [3.05, 3.63) is 77.9 Å². The first kappa shape index (κ1) is 25.3. The van der Waals surface area contributed by atoms with Gasteiger partial charge in [-0.3, -0.25) is 9.59 Å². The molecular weight excluding hydrogens is 464 g/mol. The lowest BCUT2D eigenvalue weighted by Crippen LogP contribution is -2.71. The zero-order valence-corrected chi connectivity index (χ0v) is 22.3. The molecule has 1 N–H and O–H groups in total. The number of nitrogens with zero attached hydrogens (tertiary/aromatic N) is 1. The van der Waals surface area contributed by atoms with Crippen LogP contribution in [0.15, 0.2) is 66.7 Å². The van der Waals surface area contributed by atoms with Crippen molar-refractivity contribution in [1.82, 2.24) is 5.32 Å². The predicted molar refractivity (Wildman–Crippen MR) is 145 cm³/mol. The number of likely N-dealkylation sites (tertiary alicyclic amines) is 1. The Morgan fingerprint density at radius 1 is 0.973 bits per heavy atom. The molecule has 0 unspecified atom stereocenters. The molecule has 1 aliphatic heterocycles. The summed E-state index contributed by atoms with van der Waals surface area (Å²) in [6.07, 6.45) is 2.99. The zero-order valence-electron chi connectivity index (χ0n) is 22.3. The fraction of sp³-hybridized carbons (Fsp3) is 0.419. The maximum Gasteiger partial charge on any atom is 0.303 e. The molecule has 0 radical (unpaired) electrons. The van der Waals surface area contributed by atoms with Crippen LogP contribution < -0.4 is 10.1 Å². The molecule has 1 saturated heterocycles. The van der Waals surface area contributed by atoms with E-state index in [9.17, 15) is 9.59 Å². The fourth-order valence-electron chi connectivity index (χ4n) is 6.80. The topological polar surface area (TPSA) is 64.6 Å². The van der Waals surface area contributed by atoms with Gasteiger partial charge in [0.25, 0.3) is 5.91 Å². The van der Waals surface area contributed by atoms with Gasteiger partial charge in [-0.25, -0.2) is 0 Å². The normalized spacial score (nSPS) is 26.6. The maximum atomic E-state index is 13.4. The number of amides is 1. The summed E-state index contributed by atoms with van der Waals surface area (Å²) in [4.78, 5) is 25.9. The van der Waals surface area contributed by atoms with Crippen LogP contribution in [0.3, 0.4) is 0 Å². The van der Waals surface area contributed by atoms with Crippen molar-refractivity contribution in [1.29, 1.82) is 0 Å². The minimum absolute atomic E-state index is 0.0393. The molecule has 5 rings (SSSR count).